The van der Waals surface area contributed by atoms with Crippen molar-refractivity contribution in [3.05, 3.63) is 59.1 Å². The van der Waals surface area contributed by atoms with E-state index >= 15 is 0 Å². The summed E-state index contributed by atoms with van der Waals surface area (Å²) < 4.78 is 5.22. The van der Waals surface area contributed by atoms with Gasteiger partial charge >= 0.3 is 0 Å². The molecule has 4 nitrogen and oxygen atoms in total. The molecule has 0 heterocycles. The average molecular weight is 320 g/mol. The van der Waals surface area contributed by atoms with Crippen LogP contribution in [0.4, 0.5) is 5.69 Å². The van der Waals surface area contributed by atoms with Crippen molar-refractivity contribution in [1.29, 1.82) is 0 Å². The van der Waals surface area contributed by atoms with Crippen LogP contribution in [0.3, 0.4) is 0 Å². The standard InChI is InChI=1S/C17H19ClN2O2/c1-20(11-13-7-3-4-8-14(13)18)12-17(21)19-15-9-5-6-10-16(15)22-2/h3-10H,11-12H2,1-2H3,(H,19,21)/p+1. The Morgan fingerprint density at radius 2 is 1.86 bits per heavy atom. The van der Waals surface area contributed by atoms with Gasteiger partial charge in [0.15, 0.2) is 6.54 Å². The number of benzene rings is 2. The van der Waals surface area contributed by atoms with Crippen LogP contribution in [0.15, 0.2) is 48.5 Å². The van der Waals surface area contributed by atoms with E-state index in [2.05, 4.69) is 5.32 Å². The molecule has 0 bridgehead atoms. The fraction of sp³-hybridized carbons (Fsp3) is 0.235. The number of likely N-dealkylation sites (N-methyl/N-ethyl adjacent to an activating group) is 1. The molecule has 2 aromatic rings. The highest BCUT2D eigenvalue weighted by atomic mass is 35.5. The Balaban J connectivity index is 1.93. The van der Waals surface area contributed by atoms with Crippen LogP contribution >= 0.6 is 11.6 Å². The monoisotopic (exact) mass is 319 g/mol. The van der Waals surface area contributed by atoms with Crippen molar-refractivity contribution in [3.8, 4) is 5.75 Å². The van der Waals surface area contributed by atoms with E-state index in [-0.39, 0.29) is 5.91 Å². The molecule has 116 valence electrons. The van der Waals surface area contributed by atoms with E-state index in [1.165, 1.54) is 0 Å². The minimum absolute atomic E-state index is 0.0611. The van der Waals surface area contributed by atoms with Gasteiger partial charge in [0.05, 0.1) is 19.8 Å². The summed E-state index contributed by atoms with van der Waals surface area (Å²) >= 11 is 6.14. The van der Waals surface area contributed by atoms with Gasteiger partial charge in [-0.1, -0.05) is 41.9 Å². The number of hydrogen-bond donors (Lipinski definition) is 2. The lowest BCUT2D eigenvalue weighted by Crippen LogP contribution is -3.08. The van der Waals surface area contributed by atoms with Gasteiger partial charge in [-0.25, -0.2) is 0 Å². The Kier molecular flexibility index (Phi) is 5.81. The summed E-state index contributed by atoms with van der Waals surface area (Å²) in [5, 5.41) is 3.60. The maximum atomic E-state index is 12.1. The van der Waals surface area contributed by atoms with Crippen molar-refractivity contribution in [2.75, 3.05) is 26.0 Å². The first-order chi connectivity index (χ1) is 10.6. The second-order valence-electron chi connectivity index (χ2n) is 5.15. The highest BCUT2D eigenvalue weighted by Gasteiger charge is 2.13. The fourth-order valence-corrected chi connectivity index (χ4v) is 2.45. The molecule has 2 rings (SSSR count). The summed E-state index contributed by atoms with van der Waals surface area (Å²) in [4.78, 5) is 13.2. The van der Waals surface area contributed by atoms with E-state index in [4.69, 9.17) is 16.3 Å². The molecule has 0 saturated carbocycles. The van der Waals surface area contributed by atoms with E-state index < -0.39 is 0 Å². The van der Waals surface area contributed by atoms with Gasteiger partial charge in [-0.05, 0) is 18.2 Å². The molecule has 22 heavy (non-hydrogen) atoms. The van der Waals surface area contributed by atoms with Crippen LogP contribution in [0, 0.1) is 0 Å². The van der Waals surface area contributed by atoms with E-state index in [1.54, 1.807) is 7.11 Å². The molecule has 2 N–H and O–H groups in total. The van der Waals surface area contributed by atoms with Gasteiger partial charge in [0, 0.05) is 10.6 Å². The average Bonchev–Trinajstić information content (AvgIpc) is 2.50. The first-order valence-corrected chi connectivity index (χ1v) is 7.45. The summed E-state index contributed by atoms with van der Waals surface area (Å²) in [5.41, 5.74) is 1.72. The van der Waals surface area contributed by atoms with Crippen LogP contribution in [0.5, 0.6) is 5.75 Å². The number of carbonyl (C=O) groups excluding carboxylic acids is 1. The van der Waals surface area contributed by atoms with E-state index in [0.717, 1.165) is 15.5 Å². The molecule has 2 aromatic carbocycles. The normalized spacial score (nSPS) is 11.8. The van der Waals surface area contributed by atoms with E-state index in [9.17, 15) is 4.79 Å². The third-order valence-corrected chi connectivity index (χ3v) is 3.66. The largest absolute Gasteiger partial charge is 0.495 e. The maximum absolute atomic E-state index is 12.1. The second kappa shape index (κ2) is 7.82. The van der Waals surface area contributed by atoms with Crippen LogP contribution in [0.1, 0.15) is 5.56 Å². The Hall–Kier alpha value is -2.04. The summed E-state index contributed by atoms with van der Waals surface area (Å²) in [6.07, 6.45) is 0. The van der Waals surface area contributed by atoms with Crippen molar-refractivity contribution < 1.29 is 14.4 Å². The Bertz CT molecular complexity index is 646. The summed E-state index contributed by atoms with van der Waals surface area (Å²) in [5.74, 6) is 0.591. The predicted octanol–water partition coefficient (Wildman–Crippen LogP) is 2.00. The van der Waals surface area contributed by atoms with Gasteiger partial charge in [0.2, 0.25) is 0 Å². The van der Waals surface area contributed by atoms with Crippen molar-refractivity contribution >= 4 is 23.2 Å². The molecule has 0 aromatic heterocycles. The van der Waals surface area contributed by atoms with Crippen molar-refractivity contribution in [2.24, 2.45) is 0 Å². The number of hydrogen-bond acceptors (Lipinski definition) is 2. The molecule has 0 aliphatic rings. The van der Waals surface area contributed by atoms with Gasteiger partial charge in [-0.15, -0.1) is 0 Å². The Morgan fingerprint density at radius 1 is 1.18 bits per heavy atom. The lowest BCUT2D eigenvalue weighted by Gasteiger charge is -2.15. The summed E-state index contributed by atoms with van der Waals surface area (Å²) in [6.45, 7) is 1.04. The van der Waals surface area contributed by atoms with Crippen LogP contribution in [0.25, 0.3) is 0 Å². The van der Waals surface area contributed by atoms with Crippen LogP contribution < -0.4 is 15.0 Å². The quantitative estimate of drug-likeness (QED) is 0.855. The SMILES string of the molecule is COc1ccccc1NC(=O)C[NH+](C)Cc1ccccc1Cl. The lowest BCUT2D eigenvalue weighted by atomic mass is 10.2. The van der Waals surface area contributed by atoms with E-state index in [0.29, 0.717) is 24.5 Å². The molecule has 0 radical (unpaired) electrons. The minimum Gasteiger partial charge on any atom is -0.495 e. The smallest absolute Gasteiger partial charge is 0.279 e. The van der Waals surface area contributed by atoms with Gasteiger partial charge in [0.1, 0.15) is 12.3 Å². The predicted molar refractivity (Wildman–Crippen MR) is 88.5 cm³/mol. The Labute approximate surface area is 135 Å². The molecule has 0 aliphatic heterocycles. The summed E-state index contributed by atoms with van der Waals surface area (Å²) in [7, 11) is 3.55. The molecule has 5 heteroatoms. The van der Waals surface area contributed by atoms with Crippen LogP contribution in [-0.4, -0.2) is 26.6 Å². The summed E-state index contributed by atoms with van der Waals surface area (Å²) in [6, 6.07) is 15.0. The molecular formula is C17H20ClN2O2+. The number of ether oxygens (including phenoxy) is 1. The highest BCUT2D eigenvalue weighted by Crippen LogP contribution is 2.22. The van der Waals surface area contributed by atoms with Gasteiger partial charge < -0.3 is 15.0 Å². The number of nitrogens with one attached hydrogen (secondary N) is 2. The molecule has 1 atom stereocenters. The third-order valence-electron chi connectivity index (χ3n) is 3.29. The molecule has 0 saturated heterocycles. The van der Waals surface area contributed by atoms with Crippen LogP contribution in [0.2, 0.25) is 5.02 Å². The zero-order chi connectivity index (χ0) is 15.9. The highest BCUT2D eigenvalue weighted by molar-refractivity contribution is 6.31. The maximum Gasteiger partial charge on any atom is 0.279 e. The molecular weight excluding hydrogens is 300 g/mol. The van der Waals surface area contributed by atoms with E-state index in [1.807, 2.05) is 55.6 Å². The third kappa shape index (κ3) is 4.48. The number of methoxy groups -OCH3 is 1. The zero-order valence-corrected chi connectivity index (χ0v) is 13.5. The van der Waals surface area contributed by atoms with Crippen LogP contribution in [-0.2, 0) is 11.3 Å². The van der Waals surface area contributed by atoms with Gasteiger partial charge in [-0.2, -0.15) is 0 Å². The lowest BCUT2D eigenvalue weighted by molar-refractivity contribution is -0.885. The molecule has 0 fully saturated rings. The van der Waals surface area contributed by atoms with Gasteiger partial charge in [0.25, 0.3) is 5.91 Å². The number of rotatable bonds is 6. The first kappa shape index (κ1) is 16.3. The molecule has 0 spiro atoms. The first-order valence-electron chi connectivity index (χ1n) is 7.07. The molecule has 1 amide bonds. The van der Waals surface area contributed by atoms with Crippen molar-refractivity contribution in [2.45, 2.75) is 6.54 Å². The fourth-order valence-electron chi connectivity index (χ4n) is 2.25. The number of quaternary nitrogens is 1. The zero-order valence-electron chi connectivity index (χ0n) is 12.7. The van der Waals surface area contributed by atoms with Crippen molar-refractivity contribution in [3.63, 3.8) is 0 Å². The Morgan fingerprint density at radius 3 is 2.59 bits per heavy atom. The number of halogens is 1. The minimum atomic E-state index is -0.0611. The molecule has 1 unspecified atom stereocenters. The molecule has 0 aliphatic carbocycles. The second-order valence-corrected chi connectivity index (χ2v) is 5.56. The number of para-hydroxylation sites is 2. The number of anilines is 1. The van der Waals surface area contributed by atoms with Crippen molar-refractivity contribution in [1.82, 2.24) is 0 Å². The number of carbonyl (C=O) groups is 1. The number of amides is 1. The topological polar surface area (TPSA) is 42.8 Å². The van der Waals surface area contributed by atoms with Gasteiger partial charge in [-0.3, -0.25) is 4.79 Å².